The van der Waals surface area contributed by atoms with Crippen molar-refractivity contribution in [1.82, 2.24) is 14.2 Å². The fourth-order valence-corrected chi connectivity index (χ4v) is 7.09. The van der Waals surface area contributed by atoms with Gasteiger partial charge in [-0.2, -0.15) is 0 Å². The van der Waals surface area contributed by atoms with Crippen LogP contribution in [0.4, 0.5) is 0 Å². The van der Waals surface area contributed by atoms with Gasteiger partial charge in [-0.25, -0.2) is 13.1 Å². The second-order valence-electron chi connectivity index (χ2n) is 10.2. The highest BCUT2D eigenvalue weighted by molar-refractivity contribution is 7.89. The molecule has 186 valence electrons. The van der Waals surface area contributed by atoms with E-state index in [9.17, 15) is 13.2 Å². The predicted octanol–water partition coefficient (Wildman–Crippen LogP) is 5.08. The molecule has 1 aromatic heterocycles. The van der Waals surface area contributed by atoms with Crippen LogP contribution in [0.3, 0.4) is 0 Å². The van der Waals surface area contributed by atoms with Crippen LogP contribution in [0.2, 0.25) is 0 Å². The van der Waals surface area contributed by atoms with Crippen molar-refractivity contribution < 1.29 is 13.2 Å². The first-order valence-corrected chi connectivity index (χ1v) is 14.3. The SMILES string of the molecule is C[C@H]1CCCCN1C(=O)[C@H]1CC[C@H](NS(=O)(=O)c2ccc3cc(-c4ccccc4)n(C)c3c2)CC1. The Bertz CT molecular complexity index is 1310. The highest BCUT2D eigenvalue weighted by atomic mass is 32.2. The molecule has 2 fully saturated rings. The smallest absolute Gasteiger partial charge is 0.240 e. The summed E-state index contributed by atoms with van der Waals surface area (Å²) in [4.78, 5) is 15.4. The Morgan fingerprint density at radius 1 is 0.943 bits per heavy atom. The minimum atomic E-state index is -3.65. The summed E-state index contributed by atoms with van der Waals surface area (Å²) in [5.41, 5.74) is 3.03. The number of piperidine rings is 1. The number of hydrogen-bond donors (Lipinski definition) is 1. The second kappa shape index (κ2) is 9.78. The molecule has 1 aliphatic heterocycles. The van der Waals surface area contributed by atoms with Crippen LogP contribution in [-0.2, 0) is 21.9 Å². The van der Waals surface area contributed by atoms with E-state index in [0.29, 0.717) is 18.9 Å². The van der Waals surface area contributed by atoms with Crippen LogP contribution in [0.1, 0.15) is 51.9 Å². The third-order valence-corrected chi connectivity index (χ3v) is 9.40. The molecule has 1 amide bonds. The van der Waals surface area contributed by atoms with Crippen LogP contribution in [0.5, 0.6) is 0 Å². The van der Waals surface area contributed by atoms with Gasteiger partial charge in [0.1, 0.15) is 0 Å². The number of nitrogens with one attached hydrogen (secondary N) is 1. The summed E-state index contributed by atoms with van der Waals surface area (Å²) < 4.78 is 31.4. The Balaban J connectivity index is 1.27. The number of hydrogen-bond acceptors (Lipinski definition) is 3. The summed E-state index contributed by atoms with van der Waals surface area (Å²) in [6, 6.07) is 17.7. The number of benzene rings is 2. The average molecular weight is 494 g/mol. The van der Waals surface area contributed by atoms with Gasteiger partial charge in [-0.15, -0.1) is 0 Å². The van der Waals surface area contributed by atoms with E-state index in [4.69, 9.17) is 0 Å². The summed E-state index contributed by atoms with van der Waals surface area (Å²) in [6.45, 7) is 3.00. The molecule has 5 rings (SSSR count). The summed E-state index contributed by atoms with van der Waals surface area (Å²) in [7, 11) is -1.68. The lowest BCUT2D eigenvalue weighted by molar-refractivity contribution is -0.140. The van der Waals surface area contributed by atoms with Gasteiger partial charge in [0.15, 0.2) is 0 Å². The summed E-state index contributed by atoms with van der Waals surface area (Å²) in [5, 5.41) is 1.01. The number of fused-ring (bicyclic) bond motifs is 1. The van der Waals surface area contributed by atoms with Crippen LogP contribution in [0, 0.1) is 5.92 Å². The van der Waals surface area contributed by atoms with Crippen LogP contribution in [-0.4, -0.2) is 42.4 Å². The molecule has 0 unspecified atom stereocenters. The molecule has 1 N–H and O–H groups in total. The van der Waals surface area contributed by atoms with Gasteiger partial charge >= 0.3 is 0 Å². The topological polar surface area (TPSA) is 71.4 Å². The molecule has 1 saturated heterocycles. The van der Waals surface area contributed by atoms with E-state index in [1.807, 2.05) is 35.9 Å². The van der Waals surface area contributed by atoms with Crippen molar-refractivity contribution in [3.63, 3.8) is 0 Å². The van der Waals surface area contributed by atoms with Crippen molar-refractivity contribution in [2.45, 2.75) is 68.8 Å². The van der Waals surface area contributed by atoms with Gasteiger partial charge in [0, 0.05) is 48.2 Å². The maximum Gasteiger partial charge on any atom is 0.240 e. The molecule has 7 heteroatoms. The number of likely N-dealkylation sites (tertiary alicyclic amines) is 1. The Morgan fingerprint density at radius 2 is 1.69 bits per heavy atom. The van der Waals surface area contributed by atoms with Gasteiger partial charge < -0.3 is 9.47 Å². The van der Waals surface area contributed by atoms with Crippen molar-refractivity contribution in [3.05, 3.63) is 54.6 Å². The number of amides is 1. The van der Waals surface area contributed by atoms with E-state index in [1.165, 1.54) is 6.42 Å². The van der Waals surface area contributed by atoms with Gasteiger partial charge in [0.2, 0.25) is 15.9 Å². The van der Waals surface area contributed by atoms with E-state index in [-0.39, 0.29) is 22.8 Å². The number of nitrogens with zero attached hydrogens (tertiary/aromatic N) is 2. The fraction of sp³-hybridized carbons (Fsp3) is 0.464. The molecule has 2 heterocycles. The summed E-state index contributed by atoms with van der Waals surface area (Å²) in [5.74, 6) is 0.286. The monoisotopic (exact) mass is 493 g/mol. The molecule has 1 saturated carbocycles. The Morgan fingerprint density at radius 3 is 2.40 bits per heavy atom. The number of aryl methyl sites for hydroxylation is 1. The van der Waals surface area contributed by atoms with Crippen molar-refractivity contribution in [3.8, 4) is 11.3 Å². The maximum atomic E-state index is 13.2. The van der Waals surface area contributed by atoms with E-state index in [1.54, 1.807) is 12.1 Å². The first-order valence-electron chi connectivity index (χ1n) is 12.8. The number of sulfonamides is 1. The van der Waals surface area contributed by atoms with Gasteiger partial charge in [0.25, 0.3) is 0 Å². The minimum absolute atomic E-state index is 0.0208. The fourth-order valence-electron chi connectivity index (χ4n) is 5.77. The van der Waals surface area contributed by atoms with Crippen molar-refractivity contribution in [1.29, 1.82) is 0 Å². The van der Waals surface area contributed by atoms with E-state index in [0.717, 1.165) is 54.4 Å². The largest absolute Gasteiger partial charge is 0.344 e. The normalized spacial score (nSPS) is 23.5. The zero-order chi connectivity index (χ0) is 24.6. The molecule has 35 heavy (non-hydrogen) atoms. The van der Waals surface area contributed by atoms with Crippen LogP contribution in [0.15, 0.2) is 59.5 Å². The van der Waals surface area contributed by atoms with Gasteiger partial charge in [0.05, 0.1) is 4.90 Å². The van der Waals surface area contributed by atoms with Crippen molar-refractivity contribution >= 4 is 26.8 Å². The summed E-state index contributed by atoms with van der Waals surface area (Å²) in [6.07, 6.45) is 6.24. The Kier molecular flexibility index (Phi) is 6.73. The highest BCUT2D eigenvalue weighted by Crippen LogP contribution is 2.31. The minimum Gasteiger partial charge on any atom is -0.344 e. The van der Waals surface area contributed by atoms with Crippen LogP contribution in [0.25, 0.3) is 22.2 Å². The Labute approximate surface area is 208 Å². The number of carbonyl (C=O) groups is 1. The quantitative estimate of drug-likeness (QED) is 0.539. The molecule has 0 bridgehead atoms. The first-order chi connectivity index (χ1) is 16.8. The third kappa shape index (κ3) is 4.89. The predicted molar refractivity (Wildman–Crippen MR) is 139 cm³/mol. The maximum absolute atomic E-state index is 13.2. The molecule has 6 nitrogen and oxygen atoms in total. The van der Waals surface area contributed by atoms with Gasteiger partial charge in [-0.05, 0) is 75.6 Å². The van der Waals surface area contributed by atoms with E-state index >= 15 is 0 Å². The number of carbonyl (C=O) groups excluding carboxylic acids is 1. The summed E-state index contributed by atoms with van der Waals surface area (Å²) >= 11 is 0. The lowest BCUT2D eigenvalue weighted by Gasteiger charge is -2.38. The molecule has 1 aliphatic carbocycles. The molecule has 0 spiro atoms. The van der Waals surface area contributed by atoms with Gasteiger partial charge in [-0.3, -0.25) is 4.79 Å². The van der Waals surface area contributed by atoms with Crippen molar-refractivity contribution in [2.75, 3.05) is 6.54 Å². The molecule has 2 aromatic carbocycles. The zero-order valence-corrected chi connectivity index (χ0v) is 21.4. The highest BCUT2D eigenvalue weighted by Gasteiger charge is 2.33. The molecular weight excluding hydrogens is 458 g/mol. The molecule has 1 atom stereocenters. The third-order valence-electron chi connectivity index (χ3n) is 7.88. The molecule has 0 radical (unpaired) electrons. The first kappa shape index (κ1) is 24.1. The second-order valence-corrected chi connectivity index (χ2v) is 11.9. The van der Waals surface area contributed by atoms with Crippen molar-refractivity contribution in [2.24, 2.45) is 13.0 Å². The standard InChI is InChI=1S/C28H35N3O3S/c1-20-8-6-7-17-31(20)28(32)22-11-14-24(15-12-22)29-35(33,34)25-16-13-23-18-26(30(2)27(23)19-25)21-9-4-3-5-10-21/h3-5,9-10,13,16,18-20,22,24,29H,6-8,11-12,14-15,17H2,1-2H3/t20-,22-,24-/m0/s1. The number of rotatable bonds is 5. The molecule has 3 aromatic rings. The van der Waals surface area contributed by atoms with E-state index < -0.39 is 10.0 Å². The van der Waals surface area contributed by atoms with E-state index in [2.05, 4.69) is 34.7 Å². The van der Waals surface area contributed by atoms with Crippen LogP contribution < -0.4 is 4.72 Å². The zero-order valence-electron chi connectivity index (χ0n) is 20.6. The number of aromatic nitrogens is 1. The lowest BCUT2D eigenvalue weighted by Crippen LogP contribution is -2.47. The molecular formula is C28H35N3O3S. The Hall–Kier alpha value is -2.64. The molecule has 2 aliphatic rings. The average Bonchev–Trinajstić information content (AvgIpc) is 3.20. The lowest BCUT2D eigenvalue weighted by atomic mass is 9.85. The van der Waals surface area contributed by atoms with Gasteiger partial charge in [-0.1, -0.05) is 36.4 Å². The van der Waals surface area contributed by atoms with Crippen LogP contribution >= 0.6 is 0 Å².